The average Bonchev–Trinajstić information content (AvgIpc) is 2.29. The summed E-state index contributed by atoms with van der Waals surface area (Å²) in [6.07, 6.45) is 2.89. The normalized spacial score (nSPS) is 24.6. The lowest BCUT2D eigenvalue weighted by molar-refractivity contribution is 0.0960. The molecule has 1 saturated heterocycles. The molecular weight excluding hydrogens is 278 g/mol. The van der Waals surface area contributed by atoms with Gasteiger partial charge in [0.05, 0.1) is 0 Å². The predicted molar refractivity (Wildman–Crippen MR) is 72.9 cm³/mol. The van der Waals surface area contributed by atoms with E-state index in [2.05, 4.69) is 34.6 Å². The van der Waals surface area contributed by atoms with Crippen molar-refractivity contribution in [3.63, 3.8) is 0 Å². The maximum absolute atomic E-state index is 12.2. The van der Waals surface area contributed by atoms with Gasteiger partial charge in [-0.1, -0.05) is 41.1 Å². The van der Waals surface area contributed by atoms with Gasteiger partial charge in [0.1, 0.15) is 0 Å². The van der Waals surface area contributed by atoms with Crippen molar-refractivity contribution in [2.75, 3.05) is 13.1 Å². The smallest absolute Gasteiger partial charge is 0.164 e. The van der Waals surface area contributed by atoms with E-state index < -0.39 is 0 Å². The summed E-state index contributed by atoms with van der Waals surface area (Å²) in [7, 11) is 0. The molecule has 2 rings (SSSR count). The minimum Gasteiger partial charge on any atom is -0.316 e. The highest BCUT2D eigenvalue weighted by molar-refractivity contribution is 9.10. The van der Waals surface area contributed by atoms with Gasteiger partial charge < -0.3 is 5.32 Å². The summed E-state index contributed by atoms with van der Waals surface area (Å²) in [5.41, 5.74) is 0.791. The van der Waals surface area contributed by atoms with Crippen LogP contribution in [0, 0.1) is 18.3 Å². The largest absolute Gasteiger partial charge is 0.316 e. The Balaban J connectivity index is 1.99. The zero-order valence-electron chi connectivity index (χ0n) is 9.95. The second-order valence-corrected chi connectivity index (χ2v) is 5.55. The number of hydrogen-bond donors (Lipinski definition) is 1. The van der Waals surface area contributed by atoms with Crippen LogP contribution in [0.25, 0.3) is 0 Å². The monoisotopic (exact) mass is 294 g/mol. The number of ketones is 1. The zero-order chi connectivity index (χ0) is 12.3. The van der Waals surface area contributed by atoms with Crippen molar-refractivity contribution in [2.45, 2.75) is 13.3 Å². The van der Waals surface area contributed by atoms with Gasteiger partial charge in [0.25, 0.3) is 0 Å². The van der Waals surface area contributed by atoms with Crippen molar-refractivity contribution in [3.8, 4) is 0 Å². The molecule has 91 valence electrons. The first-order valence-corrected chi connectivity index (χ1v) is 6.79. The SMILES string of the molecule is CC1[CH]C(CC(=O)c2ccccc2Br)CNC1. The number of nitrogens with one attached hydrogen (secondary N) is 1. The number of Topliss-reactive ketones (excluding diaryl/α,β-unsaturated/α-hetero) is 1. The van der Waals surface area contributed by atoms with Gasteiger partial charge in [-0.25, -0.2) is 0 Å². The summed E-state index contributed by atoms with van der Waals surface area (Å²) in [4.78, 5) is 12.2. The van der Waals surface area contributed by atoms with Gasteiger partial charge in [0.15, 0.2) is 5.78 Å². The summed E-state index contributed by atoms with van der Waals surface area (Å²) in [5.74, 6) is 1.13. The Kier molecular flexibility index (Phi) is 4.35. The lowest BCUT2D eigenvalue weighted by Gasteiger charge is -2.26. The number of carbonyl (C=O) groups excluding carboxylic acids is 1. The molecule has 0 bridgehead atoms. The van der Waals surface area contributed by atoms with Crippen molar-refractivity contribution < 1.29 is 4.79 Å². The van der Waals surface area contributed by atoms with Crippen LogP contribution in [0.1, 0.15) is 23.7 Å². The Morgan fingerprint density at radius 1 is 1.41 bits per heavy atom. The van der Waals surface area contributed by atoms with Crippen LogP contribution in [-0.4, -0.2) is 18.9 Å². The van der Waals surface area contributed by atoms with Gasteiger partial charge in [-0.15, -0.1) is 0 Å². The van der Waals surface area contributed by atoms with Gasteiger partial charge in [0.2, 0.25) is 0 Å². The summed E-state index contributed by atoms with van der Waals surface area (Å²) in [6.45, 7) is 4.13. The quantitative estimate of drug-likeness (QED) is 0.868. The van der Waals surface area contributed by atoms with Crippen LogP contribution in [0.15, 0.2) is 28.7 Å². The van der Waals surface area contributed by atoms with Crippen molar-refractivity contribution in [2.24, 2.45) is 11.8 Å². The molecule has 1 aliphatic heterocycles. The Morgan fingerprint density at radius 2 is 2.18 bits per heavy atom. The molecule has 2 nitrogen and oxygen atoms in total. The molecule has 0 saturated carbocycles. The third-order valence-corrected chi connectivity index (χ3v) is 3.79. The van der Waals surface area contributed by atoms with Crippen LogP contribution in [0.3, 0.4) is 0 Å². The van der Waals surface area contributed by atoms with E-state index in [1.807, 2.05) is 24.3 Å². The number of piperidine rings is 1. The van der Waals surface area contributed by atoms with E-state index in [1.165, 1.54) is 0 Å². The summed E-state index contributed by atoms with van der Waals surface area (Å²) >= 11 is 3.43. The van der Waals surface area contributed by atoms with Crippen molar-refractivity contribution in [1.29, 1.82) is 0 Å². The fourth-order valence-corrected chi connectivity index (χ4v) is 2.78. The van der Waals surface area contributed by atoms with Crippen molar-refractivity contribution >= 4 is 21.7 Å². The average molecular weight is 295 g/mol. The number of rotatable bonds is 3. The highest BCUT2D eigenvalue weighted by atomic mass is 79.9. The second-order valence-electron chi connectivity index (χ2n) is 4.70. The van der Waals surface area contributed by atoms with Gasteiger partial charge in [-0.3, -0.25) is 4.79 Å². The maximum atomic E-state index is 12.2. The van der Waals surface area contributed by atoms with Crippen molar-refractivity contribution in [3.05, 3.63) is 40.7 Å². The molecule has 0 amide bonds. The van der Waals surface area contributed by atoms with Crippen LogP contribution in [0.2, 0.25) is 0 Å². The molecule has 1 aromatic rings. The van der Waals surface area contributed by atoms with E-state index in [4.69, 9.17) is 0 Å². The number of halogens is 1. The van der Waals surface area contributed by atoms with E-state index in [9.17, 15) is 4.79 Å². The summed E-state index contributed by atoms with van der Waals surface area (Å²) in [6, 6.07) is 7.63. The lowest BCUT2D eigenvalue weighted by atomic mass is 9.87. The molecule has 1 aliphatic rings. The standard InChI is InChI=1S/C14H17BrNO/c1-10-6-11(9-16-8-10)7-14(17)12-4-2-3-5-13(12)15/h2-6,10-11,16H,7-9H2,1H3. The van der Waals surface area contributed by atoms with E-state index in [-0.39, 0.29) is 5.78 Å². The van der Waals surface area contributed by atoms with E-state index >= 15 is 0 Å². The van der Waals surface area contributed by atoms with Crippen LogP contribution in [0.4, 0.5) is 0 Å². The van der Waals surface area contributed by atoms with Crippen molar-refractivity contribution in [1.82, 2.24) is 5.32 Å². The Labute approximate surface area is 111 Å². The minimum atomic E-state index is 0.217. The fraction of sp³-hybridized carbons (Fsp3) is 0.429. The lowest BCUT2D eigenvalue weighted by Crippen LogP contribution is -2.36. The molecule has 0 aliphatic carbocycles. The first-order valence-electron chi connectivity index (χ1n) is 6.00. The van der Waals surface area contributed by atoms with Crippen LogP contribution >= 0.6 is 15.9 Å². The second kappa shape index (κ2) is 5.78. The van der Waals surface area contributed by atoms with E-state index in [0.717, 1.165) is 23.1 Å². The molecular formula is C14H17BrNO. The number of benzene rings is 1. The third kappa shape index (κ3) is 3.39. The molecule has 2 unspecified atom stereocenters. The molecule has 0 spiro atoms. The highest BCUT2D eigenvalue weighted by Crippen LogP contribution is 2.23. The maximum Gasteiger partial charge on any atom is 0.164 e. The van der Waals surface area contributed by atoms with Gasteiger partial charge in [-0.05, 0) is 37.4 Å². The van der Waals surface area contributed by atoms with Crippen LogP contribution < -0.4 is 5.32 Å². The number of carbonyl (C=O) groups is 1. The highest BCUT2D eigenvalue weighted by Gasteiger charge is 2.22. The molecule has 17 heavy (non-hydrogen) atoms. The molecule has 1 fully saturated rings. The summed E-state index contributed by atoms with van der Waals surface area (Å²) < 4.78 is 0.891. The van der Waals surface area contributed by atoms with Gasteiger partial charge in [-0.2, -0.15) is 0 Å². The zero-order valence-corrected chi connectivity index (χ0v) is 11.5. The van der Waals surface area contributed by atoms with Gasteiger partial charge >= 0.3 is 0 Å². The molecule has 0 aromatic heterocycles. The van der Waals surface area contributed by atoms with E-state index in [0.29, 0.717) is 18.3 Å². The van der Waals surface area contributed by atoms with E-state index in [1.54, 1.807) is 0 Å². The predicted octanol–water partition coefficient (Wildman–Crippen LogP) is 3.08. The van der Waals surface area contributed by atoms with Crippen LogP contribution in [-0.2, 0) is 0 Å². The first kappa shape index (κ1) is 12.8. The first-order chi connectivity index (χ1) is 8.16. The third-order valence-electron chi connectivity index (χ3n) is 3.10. The Hall–Kier alpha value is -0.670. The van der Waals surface area contributed by atoms with Crippen LogP contribution in [0.5, 0.6) is 0 Å². The van der Waals surface area contributed by atoms with Gasteiger partial charge in [0, 0.05) is 16.5 Å². The molecule has 1 heterocycles. The molecule has 1 radical (unpaired) electrons. The Bertz CT molecular complexity index is 405. The fourth-order valence-electron chi connectivity index (χ4n) is 2.27. The molecule has 2 atom stereocenters. The molecule has 1 aromatic carbocycles. The molecule has 3 heteroatoms. The topological polar surface area (TPSA) is 29.1 Å². The summed E-state index contributed by atoms with van der Waals surface area (Å²) in [5, 5.41) is 3.36. The number of hydrogen-bond acceptors (Lipinski definition) is 2. The molecule has 1 N–H and O–H groups in total. The Morgan fingerprint density at radius 3 is 2.88 bits per heavy atom. The minimum absolute atomic E-state index is 0.217.